The molecule has 1 aromatic carbocycles. The number of hydrogen-bond acceptors (Lipinski definition) is 4. The van der Waals surface area contributed by atoms with E-state index in [0.717, 1.165) is 11.1 Å². The fourth-order valence-corrected chi connectivity index (χ4v) is 4.02. The number of aryl methyl sites for hydroxylation is 1. The molecule has 0 aliphatic carbocycles. The van der Waals surface area contributed by atoms with Crippen LogP contribution in [0.25, 0.3) is 5.57 Å². The Hall–Kier alpha value is -2.95. The summed E-state index contributed by atoms with van der Waals surface area (Å²) in [5.74, 6) is -0.274. The van der Waals surface area contributed by atoms with Gasteiger partial charge in [-0.15, -0.1) is 0 Å². The molecule has 3 rings (SSSR count). The van der Waals surface area contributed by atoms with E-state index < -0.39 is 0 Å². The van der Waals surface area contributed by atoms with Crippen molar-refractivity contribution in [3.63, 3.8) is 0 Å². The Bertz CT molecular complexity index is 943. The molecule has 1 N–H and O–H groups in total. The van der Waals surface area contributed by atoms with E-state index in [4.69, 9.17) is 0 Å². The summed E-state index contributed by atoms with van der Waals surface area (Å²) >= 11 is 0. The van der Waals surface area contributed by atoms with Crippen molar-refractivity contribution in [2.24, 2.45) is 5.10 Å². The minimum atomic E-state index is -0.274. The summed E-state index contributed by atoms with van der Waals surface area (Å²) in [5.41, 5.74) is 8.83. The highest BCUT2D eigenvalue weighted by Gasteiger charge is 2.33. The fraction of sp³-hybridized carbons (Fsp3) is 0.348. The smallest absolute Gasteiger partial charge is 0.272 e. The average Bonchev–Trinajstić information content (AvgIpc) is 2.62. The van der Waals surface area contributed by atoms with Crippen LogP contribution in [0.4, 0.5) is 5.69 Å². The van der Waals surface area contributed by atoms with E-state index in [2.05, 4.69) is 80.2 Å². The molecule has 5 nitrogen and oxygen atoms in total. The van der Waals surface area contributed by atoms with Crippen molar-refractivity contribution in [1.82, 2.24) is 10.4 Å². The number of nitrogens with zero attached hydrogens (tertiary/aromatic N) is 3. The molecule has 2 heterocycles. The van der Waals surface area contributed by atoms with Gasteiger partial charge in [0.25, 0.3) is 5.91 Å². The van der Waals surface area contributed by atoms with Crippen molar-refractivity contribution in [3.05, 3.63) is 65.0 Å². The lowest BCUT2D eigenvalue weighted by Crippen LogP contribution is -2.49. The van der Waals surface area contributed by atoms with E-state index in [9.17, 15) is 4.79 Å². The second kappa shape index (κ2) is 7.58. The summed E-state index contributed by atoms with van der Waals surface area (Å²) in [6.07, 6.45) is 7.17. The quantitative estimate of drug-likeness (QED) is 0.628. The third-order valence-corrected chi connectivity index (χ3v) is 5.07. The lowest BCUT2D eigenvalue weighted by molar-refractivity contribution is 0.0955. The van der Waals surface area contributed by atoms with Crippen LogP contribution in [0.2, 0.25) is 0 Å². The summed E-state index contributed by atoms with van der Waals surface area (Å²) in [5, 5.41) is 4.15. The molecule has 0 unspecified atom stereocenters. The molecule has 1 amide bonds. The van der Waals surface area contributed by atoms with Gasteiger partial charge in [-0.3, -0.25) is 9.78 Å². The maximum absolute atomic E-state index is 12.1. The molecule has 1 aromatic heterocycles. The van der Waals surface area contributed by atoms with Crippen molar-refractivity contribution in [2.45, 2.75) is 53.1 Å². The van der Waals surface area contributed by atoms with Gasteiger partial charge >= 0.3 is 0 Å². The summed E-state index contributed by atoms with van der Waals surface area (Å²) in [4.78, 5) is 18.5. The first-order valence-corrected chi connectivity index (χ1v) is 9.58. The third-order valence-electron chi connectivity index (χ3n) is 5.07. The van der Waals surface area contributed by atoms with Crippen molar-refractivity contribution < 1.29 is 4.79 Å². The molecule has 2 aromatic rings. The van der Waals surface area contributed by atoms with E-state index in [-0.39, 0.29) is 11.4 Å². The van der Waals surface area contributed by atoms with Crippen molar-refractivity contribution >= 4 is 23.4 Å². The van der Waals surface area contributed by atoms with E-state index in [1.54, 1.807) is 24.5 Å². The van der Waals surface area contributed by atoms with Crippen LogP contribution in [-0.2, 0) is 0 Å². The lowest BCUT2D eigenvalue weighted by atomic mass is 9.86. The fourth-order valence-electron chi connectivity index (χ4n) is 4.02. The molecular weight excluding hydrogens is 348 g/mol. The standard InChI is InChI=1S/C23H28N4O/c1-15(2)27-21-10-16(3)19(11-20(21)17(4)12-23(27,5)6)14-25-26-22(28)18-8-7-9-24-13-18/h7-15H,1-6H3,(H,26,28)/b25-14-. The van der Waals surface area contributed by atoms with Crippen molar-refractivity contribution in [2.75, 3.05) is 4.90 Å². The van der Waals surface area contributed by atoms with Gasteiger partial charge in [0.1, 0.15) is 0 Å². The number of nitrogens with one attached hydrogen (secondary N) is 1. The van der Waals surface area contributed by atoms with Gasteiger partial charge in [-0.05, 0) is 82.5 Å². The summed E-state index contributed by atoms with van der Waals surface area (Å²) in [6, 6.07) is 8.19. The Labute approximate surface area is 167 Å². The average molecular weight is 377 g/mol. The molecule has 1 aliphatic rings. The van der Waals surface area contributed by atoms with Gasteiger partial charge in [0.2, 0.25) is 0 Å². The Morgan fingerprint density at radius 1 is 1.29 bits per heavy atom. The zero-order valence-corrected chi connectivity index (χ0v) is 17.4. The molecule has 0 bridgehead atoms. The molecule has 0 radical (unpaired) electrons. The number of hydrogen-bond donors (Lipinski definition) is 1. The minimum absolute atomic E-state index is 0.0367. The van der Waals surface area contributed by atoms with Gasteiger partial charge in [-0.2, -0.15) is 5.10 Å². The first kappa shape index (κ1) is 19.8. The molecule has 0 saturated carbocycles. The Morgan fingerprint density at radius 3 is 2.68 bits per heavy atom. The monoisotopic (exact) mass is 376 g/mol. The predicted octanol–water partition coefficient (Wildman–Crippen LogP) is 4.56. The highest BCUT2D eigenvalue weighted by molar-refractivity contribution is 5.95. The molecule has 0 spiro atoms. The number of rotatable bonds is 4. The van der Waals surface area contributed by atoms with E-state index in [1.807, 2.05) is 0 Å². The minimum Gasteiger partial charge on any atom is -0.360 e. The van der Waals surface area contributed by atoms with Crippen molar-refractivity contribution in [1.29, 1.82) is 0 Å². The Balaban J connectivity index is 1.89. The lowest BCUT2D eigenvalue weighted by Gasteiger charge is -2.46. The highest BCUT2D eigenvalue weighted by atomic mass is 16.2. The largest absolute Gasteiger partial charge is 0.360 e. The number of amides is 1. The number of aromatic nitrogens is 1. The van der Waals surface area contributed by atoms with E-state index >= 15 is 0 Å². The van der Waals surface area contributed by atoms with Crippen molar-refractivity contribution in [3.8, 4) is 0 Å². The zero-order chi connectivity index (χ0) is 20.5. The summed E-state index contributed by atoms with van der Waals surface area (Å²) in [7, 11) is 0. The van der Waals surface area contributed by atoms with Gasteiger partial charge in [0.05, 0.1) is 17.3 Å². The number of carbonyl (C=O) groups excluding carboxylic acids is 1. The summed E-state index contributed by atoms with van der Waals surface area (Å²) < 4.78 is 0. The van der Waals surface area contributed by atoms with E-state index in [0.29, 0.717) is 11.6 Å². The van der Waals surface area contributed by atoms with Gasteiger partial charge in [0.15, 0.2) is 0 Å². The molecule has 5 heteroatoms. The van der Waals surface area contributed by atoms with Crippen LogP contribution in [0.3, 0.4) is 0 Å². The van der Waals surface area contributed by atoms with Gasteiger partial charge < -0.3 is 4.90 Å². The second-order valence-electron chi connectivity index (χ2n) is 8.11. The zero-order valence-electron chi connectivity index (χ0n) is 17.4. The number of allylic oxidation sites excluding steroid dienone is 1. The van der Waals surface area contributed by atoms with Crippen LogP contribution >= 0.6 is 0 Å². The predicted molar refractivity (Wildman–Crippen MR) is 116 cm³/mol. The molecule has 1 aliphatic heterocycles. The number of fused-ring (bicyclic) bond motifs is 1. The molecule has 146 valence electrons. The van der Waals surface area contributed by atoms with Crippen LogP contribution < -0.4 is 10.3 Å². The maximum Gasteiger partial charge on any atom is 0.272 e. The number of anilines is 1. The number of benzene rings is 1. The number of hydrazone groups is 1. The molecule has 0 atom stereocenters. The molecule has 28 heavy (non-hydrogen) atoms. The molecule has 0 saturated heterocycles. The van der Waals surface area contributed by atoms with Gasteiger partial charge in [0, 0.05) is 29.7 Å². The third kappa shape index (κ3) is 3.84. The van der Waals surface area contributed by atoms with Crippen LogP contribution in [0, 0.1) is 6.92 Å². The normalized spacial score (nSPS) is 15.5. The van der Waals surface area contributed by atoms with Gasteiger partial charge in [-0.25, -0.2) is 5.43 Å². The Kier molecular flexibility index (Phi) is 5.36. The Morgan fingerprint density at radius 2 is 2.04 bits per heavy atom. The highest BCUT2D eigenvalue weighted by Crippen LogP contribution is 2.41. The van der Waals surface area contributed by atoms with Gasteiger partial charge in [-0.1, -0.05) is 6.08 Å². The van der Waals surface area contributed by atoms with Crippen LogP contribution in [0.1, 0.15) is 61.7 Å². The van der Waals surface area contributed by atoms with E-state index in [1.165, 1.54) is 23.0 Å². The number of pyridine rings is 1. The molecular formula is C23H28N4O. The van der Waals surface area contributed by atoms with Crippen LogP contribution in [0.5, 0.6) is 0 Å². The molecule has 0 fully saturated rings. The second-order valence-corrected chi connectivity index (χ2v) is 8.11. The maximum atomic E-state index is 12.1. The van der Waals surface area contributed by atoms with Crippen LogP contribution in [0.15, 0.2) is 47.8 Å². The SMILES string of the molecule is CC1=CC(C)(C)N(C(C)C)c2cc(C)c(/C=N\NC(=O)c3cccnc3)cc21. The van der Waals surface area contributed by atoms with Crippen LogP contribution in [-0.4, -0.2) is 28.7 Å². The topological polar surface area (TPSA) is 57.6 Å². The number of carbonyl (C=O) groups is 1. The first-order valence-electron chi connectivity index (χ1n) is 9.58. The first-order chi connectivity index (χ1) is 13.2. The summed E-state index contributed by atoms with van der Waals surface area (Å²) in [6.45, 7) is 13.2.